The van der Waals surface area contributed by atoms with Crippen LogP contribution in [0.4, 0.5) is 0 Å². The Morgan fingerprint density at radius 3 is 0.866 bits per heavy atom. The van der Waals surface area contributed by atoms with Crippen molar-refractivity contribution in [2.45, 2.75) is 437 Å². The number of amides is 1. The molecule has 0 bridgehead atoms. The molecule has 0 spiro atoms. The van der Waals surface area contributed by atoms with Gasteiger partial charge in [-0.05, 0) is 57.8 Å². The Bertz CT molecular complexity index is 1280. The van der Waals surface area contributed by atoms with E-state index in [1.54, 1.807) is 6.08 Å². The lowest BCUT2D eigenvalue weighted by Crippen LogP contribution is -2.45. The fraction of sp³-hybridized carbons (Fsp3) is 0.921. The molecule has 6 heteroatoms. The summed E-state index contributed by atoms with van der Waals surface area (Å²) >= 11 is 0. The molecular formula is C76H147NO5. The van der Waals surface area contributed by atoms with Crippen LogP contribution in [-0.2, 0) is 14.3 Å². The van der Waals surface area contributed by atoms with Crippen molar-refractivity contribution in [3.8, 4) is 0 Å². The molecule has 2 unspecified atom stereocenters. The number of carbonyl (C=O) groups is 2. The van der Waals surface area contributed by atoms with Crippen LogP contribution in [-0.4, -0.2) is 47.4 Å². The first-order chi connectivity index (χ1) is 40.5. The molecule has 0 saturated carbocycles. The number of hydrogen-bond acceptors (Lipinski definition) is 5. The third-order valence-electron chi connectivity index (χ3n) is 17.7. The smallest absolute Gasteiger partial charge is 0.305 e. The van der Waals surface area contributed by atoms with Crippen molar-refractivity contribution in [1.82, 2.24) is 5.32 Å². The quantitative estimate of drug-likeness (QED) is 0.0320. The fourth-order valence-electron chi connectivity index (χ4n) is 12.0. The van der Waals surface area contributed by atoms with E-state index in [2.05, 4.69) is 31.3 Å². The van der Waals surface area contributed by atoms with E-state index < -0.39 is 12.1 Å². The molecule has 6 nitrogen and oxygen atoms in total. The lowest BCUT2D eigenvalue weighted by Gasteiger charge is -2.20. The third-order valence-corrected chi connectivity index (χ3v) is 17.7. The number of allylic oxidation sites excluding steroid dienone is 3. The van der Waals surface area contributed by atoms with Gasteiger partial charge in [0.1, 0.15) is 0 Å². The summed E-state index contributed by atoms with van der Waals surface area (Å²) in [6, 6.07) is -0.626. The molecule has 0 aromatic carbocycles. The largest absolute Gasteiger partial charge is 0.466 e. The van der Waals surface area contributed by atoms with E-state index in [0.29, 0.717) is 19.4 Å². The van der Waals surface area contributed by atoms with Gasteiger partial charge >= 0.3 is 5.97 Å². The summed E-state index contributed by atoms with van der Waals surface area (Å²) in [7, 11) is 0. The van der Waals surface area contributed by atoms with Gasteiger partial charge in [-0.1, -0.05) is 378 Å². The van der Waals surface area contributed by atoms with Gasteiger partial charge in [-0.15, -0.1) is 0 Å². The van der Waals surface area contributed by atoms with Gasteiger partial charge in [0.25, 0.3) is 0 Å². The molecule has 82 heavy (non-hydrogen) atoms. The van der Waals surface area contributed by atoms with Crippen LogP contribution in [0.2, 0.25) is 0 Å². The van der Waals surface area contributed by atoms with Crippen LogP contribution in [0.3, 0.4) is 0 Å². The molecule has 486 valence electrons. The molecule has 0 aliphatic rings. The van der Waals surface area contributed by atoms with Crippen LogP contribution in [0, 0.1) is 0 Å². The predicted molar refractivity (Wildman–Crippen MR) is 361 cm³/mol. The van der Waals surface area contributed by atoms with Gasteiger partial charge in [-0.3, -0.25) is 9.59 Å². The highest BCUT2D eigenvalue weighted by atomic mass is 16.5. The molecule has 0 aromatic heterocycles. The summed E-state index contributed by atoms with van der Waals surface area (Å²) in [5.41, 5.74) is 0. The van der Waals surface area contributed by atoms with Crippen LogP contribution in [0.5, 0.6) is 0 Å². The monoisotopic (exact) mass is 1150 g/mol. The Hall–Kier alpha value is -1.66. The molecule has 2 atom stereocenters. The van der Waals surface area contributed by atoms with Crippen molar-refractivity contribution >= 4 is 11.9 Å². The first kappa shape index (κ1) is 80.3. The highest BCUT2D eigenvalue weighted by molar-refractivity contribution is 5.76. The average molecular weight is 1160 g/mol. The van der Waals surface area contributed by atoms with E-state index in [-0.39, 0.29) is 18.5 Å². The Morgan fingerprint density at radius 2 is 0.573 bits per heavy atom. The summed E-state index contributed by atoms with van der Waals surface area (Å²) in [5, 5.41) is 23.3. The average Bonchev–Trinajstić information content (AvgIpc) is 3.48. The molecule has 0 saturated heterocycles. The SMILES string of the molecule is CCCCCCC/C=C\CCCCCCCC(=O)OCCCCCCCCCCCCCCCCCCCCCCCCCCCCCCCCC(=O)NC(CO)C(O)/C=C/CCCCCCCCCCCCCCCCCCCCC. The molecule has 0 fully saturated rings. The van der Waals surface area contributed by atoms with E-state index in [1.807, 2.05) is 6.08 Å². The summed E-state index contributed by atoms with van der Waals surface area (Å²) in [4.78, 5) is 24.6. The maximum absolute atomic E-state index is 12.5. The van der Waals surface area contributed by atoms with Gasteiger partial charge in [0.2, 0.25) is 5.91 Å². The molecule has 0 aromatic rings. The minimum atomic E-state index is -0.843. The van der Waals surface area contributed by atoms with Crippen molar-refractivity contribution in [3.05, 3.63) is 24.3 Å². The van der Waals surface area contributed by atoms with E-state index in [4.69, 9.17) is 4.74 Å². The molecule has 0 rings (SSSR count). The summed E-state index contributed by atoms with van der Waals surface area (Å²) < 4.78 is 5.49. The van der Waals surface area contributed by atoms with Gasteiger partial charge in [0.15, 0.2) is 0 Å². The number of hydrogen-bond donors (Lipinski definition) is 3. The molecule has 0 radical (unpaired) electrons. The lowest BCUT2D eigenvalue weighted by atomic mass is 10.0. The van der Waals surface area contributed by atoms with E-state index >= 15 is 0 Å². The summed E-state index contributed by atoms with van der Waals surface area (Å²) in [5.74, 6) is -0.0475. The molecule has 0 heterocycles. The Labute approximate surface area is 513 Å². The number of nitrogens with one attached hydrogen (secondary N) is 1. The lowest BCUT2D eigenvalue weighted by molar-refractivity contribution is -0.143. The van der Waals surface area contributed by atoms with Crippen LogP contribution in [0.1, 0.15) is 425 Å². The third kappa shape index (κ3) is 67.5. The van der Waals surface area contributed by atoms with E-state index in [1.165, 1.54) is 353 Å². The van der Waals surface area contributed by atoms with Crippen molar-refractivity contribution in [1.29, 1.82) is 0 Å². The molecule has 0 aliphatic heterocycles. The van der Waals surface area contributed by atoms with Crippen LogP contribution in [0.15, 0.2) is 24.3 Å². The number of unbranched alkanes of at least 4 members (excludes halogenated alkanes) is 58. The number of carbonyl (C=O) groups excluding carboxylic acids is 2. The zero-order chi connectivity index (χ0) is 59.2. The predicted octanol–water partition coefficient (Wildman–Crippen LogP) is 24.5. The number of ether oxygens (including phenoxy) is 1. The highest BCUT2D eigenvalue weighted by Crippen LogP contribution is 2.19. The van der Waals surface area contributed by atoms with Gasteiger partial charge < -0.3 is 20.3 Å². The zero-order valence-corrected chi connectivity index (χ0v) is 55.8. The van der Waals surface area contributed by atoms with E-state index in [9.17, 15) is 19.8 Å². The van der Waals surface area contributed by atoms with Crippen LogP contribution < -0.4 is 5.32 Å². The van der Waals surface area contributed by atoms with Crippen molar-refractivity contribution < 1.29 is 24.5 Å². The molecule has 0 aliphatic carbocycles. The van der Waals surface area contributed by atoms with Gasteiger partial charge in [-0.25, -0.2) is 0 Å². The summed E-state index contributed by atoms with van der Waals surface area (Å²) in [6.07, 6.45) is 91.4. The number of aliphatic hydroxyl groups excluding tert-OH is 2. The topological polar surface area (TPSA) is 95.9 Å². The Balaban J connectivity index is 3.36. The standard InChI is InChI=1S/C76H147NO5/c1-3-5-7-9-11-13-15-17-19-20-21-32-35-38-41-44-48-52-56-60-64-68-74(79)73(72-78)77-75(80)69-65-61-57-53-49-45-42-39-36-33-30-28-26-24-22-23-25-27-29-31-34-37-40-43-47-51-55-59-63-67-71-82-76(81)70-66-62-58-54-50-46-18-16-14-12-10-8-6-4-2/h16,18,64,68,73-74,78-79H,3-15,17,19-63,65-67,69-72H2,1-2H3,(H,77,80)/b18-16-,68-64+. The number of esters is 1. The molecule has 3 N–H and O–H groups in total. The maximum Gasteiger partial charge on any atom is 0.305 e. The minimum Gasteiger partial charge on any atom is -0.466 e. The molecular weight excluding hydrogens is 1010 g/mol. The van der Waals surface area contributed by atoms with Crippen molar-refractivity contribution in [3.63, 3.8) is 0 Å². The minimum absolute atomic E-state index is 0.0120. The number of aliphatic hydroxyl groups is 2. The maximum atomic E-state index is 12.5. The second kappa shape index (κ2) is 71.8. The first-order valence-corrected chi connectivity index (χ1v) is 37.6. The first-order valence-electron chi connectivity index (χ1n) is 37.6. The highest BCUT2D eigenvalue weighted by Gasteiger charge is 2.18. The van der Waals surface area contributed by atoms with Gasteiger partial charge in [0, 0.05) is 12.8 Å². The zero-order valence-electron chi connectivity index (χ0n) is 55.8. The van der Waals surface area contributed by atoms with Crippen molar-refractivity contribution in [2.24, 2.45) is 0 Å². The van der Waals surface area contributed by atoms with E-state index in [0.717, 1.165) is 44.9 Å². The Morgan fingerprint density at radius 1 is 0.329 bits per heavy atom. The Kier molecular flexibility index (Phi) is 70.4. The summed E-state index contributed by atoms with van der Waals surface area (Å²) in [6.45, 7) is 4.94. The number of rotatable bonds is 71. The fourth-order valence-corrected chi connectivity index (χ4v) is 12.0. The normalized spacial score (nSPS) is 12.6. The van der Waals surface area contributed by atoms with Crippen molar-refractivity contribution in [2.75, 3.05) is 13.2 Å². The molecule has 1 amide bonds. The van der Waals surface area contributed by atoms with Crippen LogP contribution >= 0.6 is 0 Å². The second-order valence-corrected chi connectivity index (χ2v) is 26.0. The second-order valence-electron chi connectivity index (χ2n) is 26.0. The van der Waals surface area contributed by atoms with Gasteiger partial charge in [0.05, 0.1) is 25.4 Å². The van der Waals surface area contributed by atoms with Gasteiger partial charge in [-0.2, -0.15) is 0 Å². The van der Waals surface area contributed by atoms with Crippen LogP contribution in [0.25, 0.3) is 0 Å².